The number of thiophene rings is 1. The Kier molecular flexibility index (Phi) is 3.23. The Balaban J connectivity index is 1.55. The molecule has 0 saturated carbocycles. The van der Waals surface area contributed by atoms with E-state index in [9.17, 15) is 4.79 Å². The van der Waals surface area contributed by atoms with E-state index in [0.717, 1.165) is 33.1 Å². The van der Waals surface area contributed by atoms with Gasteiger partial charge in [0.2, 0.25) is 0 Å². The molecule has 3 aliphatic heterocycles. The Morgan fingerprint density at radius 3 is 2.81 bits per heavy atom. The van der Waals surface area contributed by atoms with Gasteiger partial charge in [0, 0.05) is 28.7 Å². The Bertz CT molecular complexity index is 685. The van der Waals surface area contributed by atoms with E-state index in [2.05, 4.69) is 4.90 Å². The number of carbonyl (C=O) groups is 1. The molecule has 2 aromatic rings. The molecule has 0 amide bonds. The molecule has 0 unspecified atom stereocenters. The van der Waals surface area contributed by atoms with Crippen LogP contribution < -0.4 is 5.73 Å². The number of hydrogen-bond acceptors (Lipinski definition) is 4. The third-order valence-corrected chi connectivity index (χ3v) is 6.25. The first kappa shape index (κ1) is 13.3. The van der Waals surface area contributed by atoms with Gasteiger partial charge >= 0.3 is 0 Å². The van der Waals surface area contributed by atoms with Gasteiger partial charge in [-0.05, 0) is 56.0 Å². The summed E-state index contributed by atoms with van der Waals surface area (Å²) >= 11 is 1.59. The van der Waals surface area contributed by atoms with Crippen LogP contribution in [0.1, 0.15) is 28.9 Å². The number of piperidine rings is 3. The maximum Gasteiger partial charge on any atom is 0.173 e. The first-order valence-electron chi connectivity index (χ1n) is 7.74. The fourth-order valence-electron chi connectivity index (χ4n) is 3.88. The van der Waals surface area contributed by atoms with Crippen molar-refractivity contribution in [3.05, 3.63) is 29.1 Å². The number of carbonyl (C=O) groups excluding carboxylic acids is 1. The number of Topliss-reactive ketones (excluding diaryl/α,β-unsaturated/α-hetero) is 1. The standard InChI is InChI=1S/C17H20N2OS/c18-14-2-1-3-16-13(14)9-17(21-16)15(20)8-12-10-19-6-4-11(12)5-7-19/h1-3,9,11-12H,4-8,10,18H2/t12-/m0/s1. The number of nitrogen functional groups attached to an aromatic ring is 1. The van der Waals surface area contributed by atoms with Crippen LogP contribution in [-0.2, 0) is 0 Å². The predicted octanol–water partition coefficient (Wildman–Crippen LogP) is 3.40. The second-order valence-electron chi connectivity index (χ2n) is 6.40. The molecule has 21 heavy (non-hydrogen) atoms. The molecular weight excluding hydrogens is 280 g/mol. The molecule has 3 fully saturated rings. The Hall–Kier alpha value is -1.39. The first-order valence-corrected chi connectivity index (χ1v) is 8.56. The minimum absolute atomic E-state index is 0.300. The monoisotopic (exact) mass is 300 g/mol. The topological polar surface area (TPSA) is 46.3 Å². The predicted molar refractivity (Wildman–Crippen MR) is 87.8 cm³/mol. The van der Waals surface area contributed by atoms with Crippen LogP contribution in [0, 0.1) is 11.8 Å². The van der Waals surface area contributed by atoms with Crippen molar-refractivity contribution < 1.29 is 4.79 Å². The molecule has 0 aliphatic carbocycles. The molecular formula is C17H20N2OS. The second-order valence-corrected chi connectivity index (χ2v) is 7.48. The number of anilines is 1. The molecule has 2 N–H and O–H groups in total. The number of rotatable bonds is 3. The maximum atomic E-state index is 12.6. The van der Waals surface area contributed by atoms with E-state index in [1.807, 2.05) is 24.3 Å². The van der Waals surface area contributed by atoms with Crippen LogP contribution in [0.5, 0.6) is 0 Å². The van der Waals surface area contributed by atoms with Crippen molar-refractivity contribution in [2.24, 2.45) is 11.8 Å². The zero-order chi connectivity index (χ0) is 14.4. The van der Waals surface area contributed by atoms with Crippen LogP contribution in [0.25, 0.3) is 10.1 Å². The zero-order valence-corrected chi connectivity index (χ0v) is 12.9. The fraction of sp³-hybridized carbons (Fsp3) is 0.471. The molecule has 1 atom stereocenters. The quantitative estimate of drug-likeness (QED) is 0.698. The number of fused-ring (bicyclic) bond motifs is 4. The number of nitrogens with zero attached hydrogens (tertiary/aromatic N) is 1. The van der Waals surface area contributed by atoms with Gasteiger partial charge in [0.15, 0.2) is 5.78 Å². The summed E-state index contributed by atoms with van der Waals surface area (Å²) in [5.41, 5.74) is 6.76. The minimum Gasteiger partial charge on any atom is -0.398 e. The summed E-state index contributed by atoms with van der Waals surface area (Å²) in [5, 5.41) is 1.03. The van der Waals surface area contributed by atoms with E-state index in [0.29, 0.717) is 18.1 Å². The lowest BCUT2D eigenvalue weighted by Gasteiger charge is -2.44. The molecule has 0 spiro atoms. The number of ketones is 1. The van der Waals surface area contributed by atoms with Crippen LogP contribution in [-0.4, -0.2) is 30.3 Å². The van der Waals surface area contributed by atoms with Gasteiger partial charge < -0.3 is 10.6 Å². The highest BCUT2D eigenvalue weighted by Crippen LogP contribution is 2.36. The molecule has 3 nitrogen and oxygen atoms in total. The molecule has 2 bridgehead atoms. The normalized spacial score (nSPS) is 28.1. The lowest BCUT2D eigenvalue weighted by molar-refractivity contribution is 0.0442. The number of hydrogen-bond donors (Lipinski definition) is 1. The molecule has 3 aliphatic rings. The summed E-state index contributed by atoms with van der Waals surface area (Å²) in [5.74, 6) is 1.62. The van der Waals surface area contributed by atoms with Crippen LogP contribution in [0.15, 0.2) is 24.3 Å². The molecule has 3 saturated heterocycles. The van der Waals surface area contributed by atoms with Gasteiger partial charge in [-0.1, -0.05) is 6.07 Å². The number of nitrogens with two attached hydrogens (primary N) is 1. The minimum atomic E-state index is 0.300. The molecule has 5 rings (SSSR count). The highest BCUT2D eigenvalue weighted by atomic mass is 32.1. The Labute approximate surface area is 128 Å². The average molecular weight is 300 g/mol. The smallest absolute Gasteiger partial charge is 0.173 e. The van der Waals surface area contributed by atoms with E-state index in [-0.39, 0.29) is 0 Å². The summed E-state index contributed by atoms with van der Waals surface area (Å²) in [6.07, 6.45) is 3.25. The average Bonchev–Trinajstić information content (AvgIpc) is 2.94. The Morgan fingerprint density at radius 2 is 2.14 bits per heavy atom. The van der Waals surface area contributed by atoms with Crippen molar-refractivity contribution in [2.75, 3.05) is 25.4 Å². The maximum absolute atomic E-state index is 12.6. The fourth-order valence-corrected chi connectivity index (χ4v) is 4.92. The molecule has 4 heterocycles. The van der Waals surface area contributed by atoms with Crippen LogP contribution in [0.2, 0.25) is 0 Å². The summed E-state index contributed by atoms with van der Waals surface area (Å²) in [6.45, 7) is 3.58. The van der Waals surface area contributed by atoms with Crippen LogP contribution in [0.4, 0.5) is 5.69 Å². The van der Waals surface area contributed by atoms with Gasteiger partial charge in [0.05, 0.1) is 4.88 Å². The van der Waals surface area contributed by atoms with E-state index in [4.69, 9.17) is 5.73 Å². The lowest BCUT2D eigenvalue weighted by atomic mass is 9.76. The van der Waals surface area contributed by atoms with Gasteiger partial charge in [-0.25, -0.2) is 0 Å². The lowest BCUT2D eigenvalue weighted by Crippen LogP contribution is -2.47. The van der Waals surface area contributed by atoms with E-state index < -0.39 is 0 Å². The van der Waals surface area contributed by atoms with E-state index in [1.54, 1.807) is 11.3 Å². The highest BCUT2D eigenvalue weighted by Gasteiger charge is 2.35. The van der Waals surface area contributed by atoms with Gasteiger partial charge in [-0.2, -0.15) is 0 Å². The van der Waals surface area contributed by atoms with E-state index >= 15 is 0 Å². The SMILES string of the molecule is Nc1cccc2sc(C(=O)C[C@H]3CN4CCC3CC4)cc12. The molecule has 4 heteroatoms. The second kappa shape index (κ2) is 5.11. The Morgan fingerprint density at radius 1 is 1.33 bits per heavy atom. The largest absolute Gasteiger partial charge is 0.398 e. The third kappa shape index (κ3) is 2.36. The highest BCUT2D eigenvalue weighted by molar-refractivity contribution is 7.20. The zero-order valence-electron chi connectivity index (χ0n) is 12.0. The summed E-state index contributed by atoms with van der Waals surface area (Å²) in [4.78, 5) is 16.0. The van der Waals surface area contributed by atoms with Crippen molar-refractivity contribution >= 4 is 32.9 Å². The van der Waals surface area contributed by atoms with Crippen LogP contribution >= 0.6 is 11.3 Å². The third-order valence-electron chi connectivity index (χ3n) is 5.11. The molecule has 110 valence electrons. The van der Waals surface area contributed by atoms with E-state index in [1.165, 1.54) is 25.9 Å². The van der Waals surface area contributed by atoms with Crippen molar-refractivity contribution in [1.82, 2.24) is 4.90 Å². The summed E-state index contributed by atoms with van der Waals surface area (Å²) in [6, 6.07) is 7.88. The van der Waals surface area contributed by atoms with Crippen molar-refractivity contribution in [3.8, 4) is 0 Å². The number of benzene rings is 1. The van der Waals surface area contributed by atoms with Gasteiger partial charge in [0.1, 0.15) is 0 Å². The van der Waals surface area contributed by atoms with Crippen LogP contribution in [0.3, 0.4) is 0 Å². The molecule has 1 aromatic carbocycles. The van der Waals surface area contributed by atoms with Gasteiger partial charge in [0.25, 0.3) is 0 Å². The van der Waals surface area contributed by atoms with Crippen molar-refractivity contribution in [3.63, 3.8) is 0 Å². The summed E-state index contributed by atoms with van der Waals surface area (Å²) < 4.78 is 1.12. The molecule has 1 aromatic heterocycles. The van der Waals surface area contributed by atoms with Crippen molar-refractivity contribution in [2.45, 2.75) is 19.3 Å². The summed E-state index contributed by atoms with van der Waals surface area (Å²) in [7, 11) is 0. The molecule has 0 radical (unpaired) electrons. The van der Waals surface area contributed by atoms with Gasteiger partial charge in [-0.3, -0.25) is 4.79 Å². The van der Waals surface area contributed by atoms with Gasteiger partial charge in [-0.15, -0.1) is 11.3 Å². The first-order chi connectivity index (χ1) is 10.2. The van der Waals surface area contributed by atoms with Crippen molar-refractivity contribution in [1.29, 1.82) is 0 Å².